The Balaban J connectivity index is 1.90. The highest BCUT2D eigenvalue weighted by atomic mass is 16.1. The fraction of sp³-hybridized carbons (Fsp3) is 0.706. The summed E-state index contributed by atoms with van der Waals surface area (Å²) in [5.41, 5.74) is 1.73. The molecule has 1 heteroatoms. The third kappa shape index (κ3) is 3.57. The molecule has 2 rings (SSSR count). The summed E-state index contributed by atoms with van der Waals surface area (Å²) < 4.78 is 0. The van der Waals surface area contributed by atoms with E-state index in [4.69, 9.17) is 0 Å². The van der Waals surface area contributed by atoms with Crippen molar-refractivity contribution in [3.05, 3.63) is 23.8 Å². The topological polar surface area (TPSA) is 17.1 Å². The van der Waals surface area contributed by atoms with Crippen molar-refractivity contribution in [2.75, 3.05) is 0 Å². The molecule has 0 spiro atoms. The molecule has 0 radical (unpaired) electrons. The van der Waals surface area contributed by atoms with E-state index in [1.165, 1.54) is 31.3 Å². The first-order valence-electron chi connectivity index (χ1n) is 7.37. The summed E-state index contributed by atoms with van der Waals surface area (Å²) in [7, 11) is 0. The quantitative estimate of drug-likeness (QED) is 0.508. The monoisotopic (exact) mass is 246 g/mol. The number of carbonyl (C=O) groups excluding carboxylic acids is 1. The SMILES string of the molecule is CC1=CCCC(C)(C)C1C=CC(=O)CCC1CC1. The maximum atomic E-state index is 11.8. The van der Waals surface area contributed by atoms with Gasteiger partial charge in [-0.2, -0.15) is 0 Å². The zero-order valence-electron chi connectivity index (χ0n) is 12.0. The van der Waals surface area contributed by atoms with Crippen molar-refractivity contribution in [2.45, 2.75) is 59.3 Å². The van der Waals surface area contributed by atoms with Crippen molar-refractivity contribution < 1.29 is 4.79 Å². The molecule has 0 heterocycles. The van der Waals surface area contributed by atoms with E-state index < -0.39 is 0 Å². The van der Waals surface area contributed by atoms with Crippen LogP contribution in [-0.4, -0.2) is 5.78 Å². The van der Waals surface area contributed by atoms with E-state index in [0.717, 1.165) is 18.8 Å². The third-order valence-electron chi connectivity index (χ3n) is 4.56. The van der Waals surface area contributed by atoms with E-state index in [-0.39, 0.29) is 0 Å². The van der Waals surface area contributed by atoms with E-state index in [0.29, 0.717) is 17.1 Å². The molecular formula is C17H26O. The molecule has 2 aliphatic rings. The van der Waals surface area contributed by atoms with Crippen LogP contribution < -0.4 is 0 Å². The van der Waals surface area contributed by atoms with Gasteiger partial charge in [0.05, 0.1) is 0 Å². The zero-order valence-corrected chi connectivity index (χ0v) is 12.0. The number of allylic oxidation sites excluding steroid dienone is 4. The number of carbonyl (C=O) groups is 1. The van der Waals surface area contributed by atoms with Crippen molar-refractivity contribution in [3.8, 4) is 0 Å². The maximum Gasteiger partial charge on any atom is 0.155 e. The lowest BCUT2D eigenvalue weighted by Gasteiger charge is -2.36. The molecule has 0 bridgehead atoms. The summed E-state index contributed by atoms with van der Waals surface area (Å²) in [6.45, 7) is 6.82. The van der Waals surface area contributed by atoms with Gasteiger partial charge in [0.15, 0.2) is 5.78 Å². The van der Waals surface area contributed by atoms with Gasteiger partial charge in [0, 0.05) is 12.3 Å². The van der Waals surface area contributed by atoms with E-state index in [2.05, 4.69) is 32.9 Å². The number of hydrogen-bond acceptors (Lipinski definition) is 1. The van der Waals surface area contributed by atoms with Gasteiger partial charge in [-0.25, -0.2) is 0 Å². The van der Waals surface area contributed by atoms with Crippen LogP contribution in [0, 0.1) is 17.3 Å². The van der Waals surface area contributed by atoms with Gasteiger partial charge in [0.1, 0.15) is 0 Å². The first-order valence-corrected chi connectivity index (χ1v) is 7.37. The van der Waals surface area contributed by atoms with Gasteiger partial charge >= 0.3 is 0 Å². The molecule has 100 valence electrons. The Hall–Kier alpha value is -0.850. The molecule has 0 N–H and O–H groups in total. The molecule has 0 aromatic heterocycles. The van der Waals surface area contributed by atoms with Crippen LogP contribution in [0.4, 0.5) is 0 Å². The number of rotatable bonds is 5. The molecule has 0 aromatic carbocycles. The summed E-state index contributed by atoms with van der Waals surface area (Å²) >= 11 is 0. The molecule has 0 aromatic rings. The fourth-order valence-corrected chi connectivity index (χ4v) is 3.02. The average Bonchev–Trinajstić information content (AvgIpc) is 3.08. The summed E-state index contributed by atoms with van der Waals surface area (Å²) in [6.07, 6.45) is 13.3. The zero-order chi connectivity index (χ0) is 13.2. The van der Waals surface area contributed by atoms with Crippen LogP contribution in [-0.2, 0) is 4.79 Å². The van der Waals surface area contributed by atoms with Crippen LogP contribution >= 0.6 is 0 Å². The van der Waals surface area contributed by atoms with Crippen LogP contribution in [0.3, 0.4) is 0 Å². The van der Waals surface area contributed by atoms with E-state index in [1.807, 2.05) is 6.08 Å². The lowest BCUT2D eigenvalue weighted by atomic mass is 9.68. The fourth-order valence-electron chi connectivity index (χ4n) is 3.02. The Morgan fingerprint density at radius 2 is 2.17 bits per heavy atom. The average molecular weight is 246 g/mol. The van der Waals surface area contributed by atoms with Crippen molar-refractivity contribution >= 4 is 5.78 Å². The molecular weight excluding hydrogens is 220 g/mol. The summed E-state index contributed by atoms with van der Waals surface area (Å²) in [4.78, 5) is 11.8. The molecule has 0 aliphatic heterocycles. The van der Waals surface area contributed by atoms with E-state index >= 15 is 0 Å². The normalized spacial score (nSPS) is 27.3. The van der Waals surface area contributed by atoms with Gasteiger partial charge in [0.25, 0.3) is 0 Å². The van der Waals surface area contributed by atoms with Gasteiger partial charge in [-0.05, 0) is 43.6 Å². The lowest BCUT2D eigenvalue weighted by Crippen LogP contribution is -2.26. The highest BCUT2D eigenvalue weighted by Crippen LogP contribution is 2.41. The second-order valence-electron chi connectivity index (χ2n) is 6.76. The van der Waals surface area contributed by atoms with Gasteiger partial charge in [-0.1, -0.05) is 44.4 Å². The number of hydrogen-bond donors (Lipinski definition) is 0. The number of ketones is 1. The molecule has 1 unspecified atom stereocenters. The van der Waals surface area contributed by atoms with Gasteiger partial charge in [0.2, 0.25) is 0 Å². The minimum absolute atomic E-state index is 0.298. The third-order valence-corrected chi connectivity index (χ3v) is 4.56. The molecule has 1 fully saturated rings. The Morgan fingerprint density at radius 1 is 1.44 bits per heavy atom. The standard InChI is InChI=1S/C17H26O/c1-13-5-4-12-17(2,3)16(13)11-10-15(18)9-8-14-6-7-14/h5,10-11,14,16H,4,6-9,12H2,1-3H3. The predicted molar refractivity (Wildman–Crippen MR) is 76.4 cm³/mol. The second kappa shape index (κ2) is 5.42. The smallest absolute Gasteiger partial charge is 0.155 e. The van der Waals surface area contributed by atoms with Crippen LogP contribution in [0.25, 0.3) is 0 Å². The first-order chi connectivity index (χ1) is 8.49. The summed E-state index contributed by atoms with van der Waals surface area (Å²) in [5.74, 6) is 1.61. The highest BCUT2D eigenvalue weighted by Gasteiger charge is 2.30. The Bertz CT molecular complexity index is 369. The maximum absolute atomic E-state index is 11.8. The van der Waals surface area contributed by atoms with Crippen molar-refractivity contribution in [2.24, 2.45) is 17.3 Å². The summed E-state index contributed by atoms with van der Waals surface area (Å²) in [5, 5.41) is 0. The molecule has 1 nitrogen and oxygen atoms in total. The van der Waals surface area contributed by atoms with Crippen molar-refractivity contribution in [1.29, 1.82) is 0 Å². The molecule has 1 atom stereocenters. The van der Waals surface area contributed by atoms with Gasteiger partial charge in [-0.15, -0.1) is 0 Å². The Labute approximate surface area is 111 Å². The molecule has 2 aliphatic carbocycles. The predicted octanol–water partition coefficient (Wildman–Crippen LogP) is 4.68. The van der Waals surface area contributed by atoms with Crippen LogP contribution in [0.15, 0.2) is 23.8 Å². The van der Waals surface area contributed by atoms with Gasteiger partial charge < -0.3 is 0 Å². The van der Waals surface area contributed by atoms with Gasteiger partial charge in [-0.3, -0.25) is 4.79 Å². The lowest BCUT2D eigenvalue weighted by molar-refractivity contribution is -0.114. The Kier molecular flexibility index (Phi) is 4.09. The molecule has 0 saturated heterocycles. The largest absolute Gasteiger partial charge is 0.295 e. The van der Waals surface area contributed by atoms with Crippen LogP contribution in [0.1, 0.15) is 59.3 Å². The highest BCUT2D eigenvalue weighted by molar-refractivity contribution is 5.89. The summed E-state index contributed by atoms with van der Waals surface area (Å²) in [6, 6.07) is 0. The van der Waals surface area contributed by atoms with Crippen molar-refractivity contribution in [1.82, 2.24) is 0 Å². The van der Waals surface area contributed by atoms with E-state index in [9.17, 15) is 4.79 Å². The van der Waals surface area contributed by atoms with E-state index in [1.54, 1.807) is 0 Å². The Morgan fingerprint density at radius 3 is 2.78 bits per heavy atom. The van der Waals surface area contributed by atoms with Crippen molar-refractivity contribution in [3.63, 3.8) is 0 Å². The molecule has 1 saturated carbocycles. The molecule has 18 heavy (non-hydrogen) atoms. The minimum Gasteiger partial charge on any atom is -0.295 e. The first kappa shape index (κ1) is 13.6. The minimum atomic E-state index is 0.298. The van der Waals surface area contributed by atoms with Crippen LogP contribution in [0.5, 0.6) is 0 Å². The second-order valence-corrected chi connectivity index (χ2v) is 6.76. The molecule has 0 amide bonds. The van der Waals surface area contributed by atoms with Crippen LogP contribution in [0.2, 0.25) is 0 Å².